The van der Waals surface area contributed by atoms with E-state index in [0.29, 0.717) is 11.5 Å². The standard InChI is InChI=1S/C12H17BrN2S/c13-9-4-10(16-7-9)5-15-6-11(14)12(8-15)2-1-3-12/h4,7,11H,1-3,5-6,8,14H2. The van der Waals surface area contributed by atoms with Crippen molar-refractivity contribution in [3.63, 3.8) is 0 Å². The Morgan fingerprint density at radius 3 is 2.88 bits per heavy atom. The minimum absolute atomic E-state index is 0.407. The largest absolute Gasteiger partial charge is 0.326 e. The highest BCUT2D eigenvalue weighted by molar-refractivity contribution is 9.10. The SMILES string of the molecule is NC1CN(Cc2cc(Br)cs2)CC12CCC2. The van der Waals surface area contributed by atoms with Gasteiger partial charge in [-0.15, -0.1) is 11.3 Å². The molecule has 1 aliphatic carbocycles. The Balaban J connectivity index is 1.65. The molecule has 1 spiro atoms. The monoisotopic (exact) mass is 300 g/mol. The molecule has 2 aliphatic rings. The summed E-state index contributed by atoms with van der Waals surface area (Å²) in [5.41, 5.74) is 6.76. The fraction of sp³-hybridized carbons (Fsp3) is 0.667. The number of thiophene rings is 1. The average molecular weight is 301 g/mol. The van der Waals surface area contributed by atoms with Crippen LogP contribution >= 0.6 is 27.3 Å². The summed E-state index contributed by atoms with van der Waals surface area (Å²) in [6.45, 7) is 3.37. The van der Waals surface area contributed by atoms with E-state index in [1.807, 2.05) is 11.3 Å². The van der Waals surface area contributed by atoms with Crippen LogP contribution in [0.1, 0.15) is 24.1 Å². The van der Waals surface area contributed by atoms with Crippen molar-refractivity contribution in [2.24, 2.45) is 11.1 Å². The van der Waals surface area contributed by atoms with Crippen LogP contribution in [0.25, 0.3) is 0 Å². The van der Waals surface area contributed by atoms with Crippen LogP contribution in [0.3, 0.4) is 0 Å². The van der Waals surface area contributed by atoms with Crippen LogP contribution in [-0.4, -0.2) is 24.0 Å². The van der Waals surface area contributed by atoms with Gasteiger partial charge in [0, 0.05) is 40.4 Å². The van der Waals surface area contributed by atoms with Gasteiger partial charge in [0.1, 0.15) is 0 Å². The molecular formula is C12H17BrN2S. The molecule has 1 aromatic rings. The first-order valence-electron chi connectivity index (χ1n) is 5.89. The third-order valence-electron chi connectivity index (χ3n) is 4.13. The molecule has 3 rings (SSSR count). The summed E-state index contributed by atoms with van der Waals surface area (Å²) in [4.78, 5) is 3.97. The molecule has 2 nitrogen and oxygen atoms in total. The van der Waals surface area contributed by atoms with Crippen LogP contribution in [0, 0.1) is 5.41 Å². The maximum absolute atomic E-state index is 6.28. The number of nitrogens with two attached hydrogens (primary N) is 1. The fourth-order valence-corrected chi connectivity index (χ4v) is 4.53. The van der Waals surface area contributed by atoms with Crippen molar-refractivity contribution >= 4 is 27.3 Å². The zero-order valence-corrected chi connectivity index (χ0v) is 11.7. The lowest BCUT2D eigenvalue weighted by atomic mass is 9.66. The van der Waals surface area contributed by atoms with E-state index in [4.69, 9.17) is 5.73 Å². The third-order valence-corrected chi connectivity index (χ3v) is 5.81. The van der Waals surface area contributed by atoms with Crippen molar-refractivity contribution in [3.05, 3.63) is 20.8 Å². The number of nitrogens with zero attached hydrogens (tertiary/aromatic N) is 1. The van der Waals surface area contributed by atoms with Crippen molar-refractivity contribution in [2.45, 2.75) is 31.8 Å². The molecule has 2 heterocycles. The predicted octanol–water partition coefficient (Wildman–Crippen LogP) is 2.82. The van der Waals surface area contributed by atoms with E-state index < -0.39 is 0 Å². The van der Waals surface area contributed by atoms with Gasteiger partial charge in [0.05, 0.1) is 0 Å². The van der Waals surface area contributed by atoms with Crippen LogP contribution < -0.4 is 5.73 Å². The quantitative estimate of drug-likeness (QED) is 0.910. The summed E-state index contributed by atoms with van der Waals surface area (Å²) in [6.07, 6.45) is 4.07. The Bertz CT molecular complexity index is 386. The van der Waals surface area contributed by atoms with Crippen molar-refractivity contribution in [3.8, 4) is 0 Å². The first-order chi connectivity index (χ1) is 7.68. The number of rotatable bonds is 2. The van der Waals surface area contributed by atoms with E-state index in [1.54, 1.807) is 0 Å². The van der Waals surface area contributed by atoms with Gasteiger partial charge in [-0.05, 0) is 40.3 Å². The van der Waals surface area contributed by atoms with Crippen LogP contribution in [0.2, 0.25) is 0 Å². The van der Waals surface area contributed by atoms with Crippen LogP contribution in [0.4, 0.5) is 0 Å². The lowest BCUT2D eigenvalue weighted by Crippen LogP contribution is -2.45. The summed E-state index contributed by atoms with van der Waals surface area (Å²) in [5.74, 6) is 0. The average Bonchev–Trinajstić information content (AvgIpc) is 2.70. The smallest absolute Gasteiger partial charge is 0.0329 e. The molecule has 2 fully saturated rings. The maximum atomic E-state index is 6.28. The molecule has 1 atom stereocenters. The minimum Gasteiger partial charge on any atom is -0.326 e. The lowest BCUT2D eigenvalue weighted by Gasteiger charge is -2.41. The van der Waals surface area contributed by atoms with Crippen molar-refractivity contribution in [1.82, 2.24) is 4.90 Å². The second kappa shape index (κ2) is 4.09. The second-order valence-electron chi connectivity index (χ2n) is 5.22. The molecule has 1 saturated carbocycles. The molecule has 0 radical (unpaired) electrons. The predicted molar refractivity (Wildman–Crippen MR) is 71.6 cm³/mol. The van der Waals surface area contributed by atoms with E-state index in [2.05, 4.69) is 32.3 Å². The Morgan fingerprint density at radius 1 is 1.56 bits per heavy atom. The molecule has 16 heavy (non-hydrogen) atoms. The van der Waals surface area contributed by atoms with Crippen LogP contribution in [0.5, 0.6) is 0 Å². The molecule has 1 aromatic heterocycles. The number of likely N-dealkylation sites (tertiary alicyclic amines) is 1. The van der Waals surface area contributed by atoms with Gasteiger partial charge >= 0.3 is 0 Å². The van der Waals surface area contributed by atoms with Gasteiger partial charge in [-0.25, -0.2) is 0 Å². The van der Waals surface area contributed by atoms with Gasteiger partial charge in [0.15, 0.2) is 0 Å². The van der Waals surface area contributed by atoms with E-state index in [0.717, 1.165) is 13.1 Å². The molecule has 0 aromatic carbocycles. The Hall–Kier alpha value is 0.1000. The number of hydrogen-bond donors (Lipinski definition) is 1. The molecule has 88 valence electrons. The molecule has 4 heteroatoms. The van der Waals surface area contributed by atoms with Gasteiger partial charge in [-0.2, -0.15) is 0 Å². The molecular weight excluding hydrogens is 284 g/mol. The number of hydrogen-bond acceptors (Lipinski definition) is 3. The van der Waals surface area contributed by atoms with Gasteiger partial charge in [0.25, 0.3) is 0 Å². The van der Waals surface area contributed by atoms with Crippen molar-refractivity contribution in [2.75, 3.05) is 13.1 Å². The first-order valence-corrected chi connectivity index (χ1v) is 7.56. The summed E-state index contributed by atoms with van der Waals surface area (Å²) >= 11 is 5.34. The lowest BCUT2D eigenvalue weighted by molar-refractivity contribution is 0.122. The number of halogens is 1. The van der Waals surface area contributed by atoms with E-state index in [-0.39, 0.29) is 0 Å². The van der Waals surface area contributed by atoms with E-state index in [9.17, 15) is 0 Å². The van der Waals surface area contributed by atoms with E-state index >= 15 is 0 Å². The summed E-state index contributed by atoms with van der Waals surface area (Å²) in [7, 11) is 0. The molecule has 2 N–H and O–H groups in total. The normalized spacial score (nSPS) is 28.5. The van der Waals surface area contributed by atoms with Gasteiger partial charge in [0.2, 0.25) is 0 Å². The van der Waals surface area contributed by atoms with Crippen molar-refractivity contribution < 1.29 is 0 Å². The zero-order valence-electron chi connectivity index (χ0n) is 9.29. The first kappa shape index (κ1) is 11.2. The fourth-order valence-electron chi connectivity index (χ4n) is 3.04. The maximum Gasteiger partial charge on any atom is 0.0329 e. The Morgan fingerprint density at radius 2 is 2.38 bits per heavy atom. The molecule has 0 bridgehead atoms. The van der Waals surface area contributed by atoms with Gasteiger partial charge in [-0.1, -0.05) is 6.42 Å². The third kappa shape index (κ3) is 1.86. The highest BCUT2D eigenvalue weighted by Crippen LogP contribution is 2.47. The molecule has 1 unspecified atom stereocenters. The highest BCUT2D eigenvalue weighted by atomic mass is 79.9. The van der Waals surface area contributed by atoms with Crippen LogP contribution in [-0.2, 0) is 6.54 Å². The second-order valence-corrected chi connectivity index (χ2v) is 7.13. The Labute approximate surface area is 109 Å². The van der Waals surface area contributed by atoms with Crippen molar-refractivity contribution in [1.29, 1.82) is 0 Å². The Kier molecular flexibility index (Phi) is 2.86. The highest BCUT2D eigenvalue weighted by Gasteiger charge is 2.48. The van der Waals surface area contributed by atoms with Gasteiger partial charge in [-0.3, -0.25) is 4.90 Å². The topological polar surface area (TPSA) is 29.3 Å². The van der Waals surface area contributed by atoms with Gasteiger partial charge < -0.3 is 5.73 Å². The molecule has 1 aliphatic heterocycles. The molecule has 1 saturated heterocycles. The van der Waals surface area contributed by atoms with Crippen LogP contribution in [0.15, 0.2) is 15.9 Å². The summed E-state index contributed by atoms with van der Waals surface area (Å²) in [5, 5.41) is 2.16. The zero-order chi connectivity index (χ0) is 11.2. The van der Waals surface area contributed by atoms with E-state index in [1.165, 1.54) is 35.2 Å². The summed E-state index contributed by atoms with van der Waals surface area (Å²) < 4.78 is 1.20. The summed E-state index contributed by atoms with van der Waals surface area (Å²) in [6, 6.07) is 2.63. The minimum atomic E-state index is 0.407. The molecule has 0 amide bonds.